The van der Waals surface area contributed by atoms with E-state index in [0.29, 0.717) is 21.5 Å². The Morgan fingerprint density at radius 3 is 2.89 bits per heavy atom. The second-order valence-electron chi connectivity index (χ2n) is 4.03. The van der Waals surface area contributed by atoms with Crippen LogP contribution in [0.1, 0.15) is 17.2 Å². The van der Waals surface area contributed by atoms with Gasteiger partial charge < -0.3 is 9.84 Å². The summed E-state index contributed by atoms with van der Waals surface area (Å²) in [4.78, 5) is 4.03. The Morgan fingerprint density at radius 2 is 2.16 bits per heavy atom. The van der Waals surface area contributed by atoms with Crippen LogP contribution in [-0.4, -0.2) is 17.2 Å². The Morgan fingerprint density at radius 1 is 1.37 bits per heavy atom. The van der Waals surface area contributed by atoms with Gasteiger partial charge in [-0.1, -0.05) is 12.1 Å². The van der Waals surface area contributed by atoms with Crippen molar-refractivity contribution in [3.63, 3.8) is 0 Å². The fraction of sp³-hybridized carbons (Fsp3) is 0.214. The highest BCUT2D eigenvalue weighted by atomic mass is 79.9. The van der Waals surface area contributed by atoms with E-state index in [0.717, 1.165) is 0 Å². The van der Waals surface area contributed by atoms with Gasteiger partial charge in [-0.3, -0.25) is 0 Å². The number of nitrogens with zero attached hydrogens (tertiary/aromatic N) is 1. The molecule has 1 unspecified atom stereocenters. The van der Waals surface area contributed by atoms with Crippen molar-refractivity contribution >= 4 is 15.9 Å². The highest BCUT2D eigenvalue weighted by Gasteiger charge is 2.16. The monoisotopic (exact) mass is 325 g/mol. The van der Waals surface area contributed by atoms with Crippen molar-refractivity contribution in [1.29, 1.82) is 0 Å². The zero-order valence-corrected chi connectivity index (χ0v) is 11.9. The Kier molecular flexibility index (Phi) is 4.50. The van der Waals surface area contributed by atoms with Gasteiger partial charge in [0.1, 0.15) is 5.82 Å². The van der Waals surface area contributed by atoms with E-state index in [1.165, 1.54) is 13.2 Å². The predicted molar refractivity (Wildman–Crippen MR) is 73.6 cm³/mol. The van der Waals surface area contributed by atoms with E-state index in [9.17, 15) is 9.50 Å². The summed E-state index contributed by atoms with van der Waals surface area (Å²) < 4.78 is 18.9. The summed E-state index contributed by atoms with van der Waals surface area (Å²) in [6.07, 6.45) is 1.06. The number of benzene rings is 1. The first-order chi connectivity index (χ1) is 9.13. The van der Waals surface area contributed by atoms with Gasteiger partial charge in [0, 0.05) is 18.2 Å². The second kappa shape index (κ2) is 6.12. The molecule has 3 nitrogen and oxygen atoms in total. The molecule has 1 heterocycles. The molecule has 1 N–H and O–H groups in total. The second-order valence-corrected chi connectivity index (χ2v) is 4.83. The molecule has 19 heavy (non-hydrogen) atoms. The van der Waals surface area contributed by atoms with Gasteiger partial charge in [0.15, 0.2) is 0 Å². The molecule has 1 aromatic carbocycles. The zero-order chi connectivity index (χ0) is 13.8. The first kappa shape index (κ1) is 14.0. The lowest BCUT2D eigenvalue weighted by Gasteiger charge is -2.14. The highest BCUT2D eigenvalue weighted by molar-refractivity contribution is 9.10. The highest BCUT2D eigenvalue weighted by Crippen LogP contribution is 2.29. The molecule has 0 aliphatic carbocycles. The van der Waals surface area contributed by atoms with Crippen LogP contribution >= 0.6 is 15.9 Å². The first-order valence-corrected chi connectivity index (χ1v) is 6.52. The van der Waals surface area contributed by atoms with Crippen LogP contribution in [0.15, 0.2) is 41.0 Å². The first-order valence-electron chi connectivity index (χ1n) is 5.73. The van der Waals surface area contributed by atoms with Gasteiger partial charge in [-0.05, 0) is 39.7 Å². The molecule has 0 fully saturated rings. The van der Waals surface area contributed by atoms with E-state index in [1.807, 2.05) is 0 Å². The van der Waals surface area contributed by atoms with Crippen LogP contribution in [0, 0.1) is 5.82 Å². The number of hydrogen-bond acceptors (Lipinski definition) is 3. The normalized spacial score (nSPS) is 12.2. The smallest absolute Gasteiger partial charge is 0.218 e. The van der Waals surface area contributed by atoms with Crippen molar-refractivity contribution in [3.05, 3.63) is 57.9 Å². The number of aromatic nitrogens is 1. The summed E-state index contributed by atoms with van der Waals surface area (Å²) in [7, 11) is 1.50. The van der Waals surface area contributed by atoms with E-state index in [-0.39, 0.29) is 12.2 Å². The zero-order valence-electron chi connectivity index (χ0n) is 10.3. The van der Waals surface area contributed by atoms with E-state index in [4.69, 9.17) is 4.74 Å². The minimum absolute atomic E-state index is 0.278. The maximum atomic E-state index is 13.4. The standard InChI is InChI=1S/C14H13BrFNO2/c1-19-14-10(5-3-7-17-14)12(18)8-9-4-2-6-11(16)13(9)15/h2-7,12,18H,8H2,1H3. The molecule has 100 valence electrons. The molecule has 1 atom stereocenters. The predicted octanol–water partition coefficient (Wildman–Crippen LogP) is 3.27. The van der Waals surface area contributed by atoms with Crippen molar-refractivity contribution in [2.24, 2.45) is 0 Å². The number of rotatable bonds is 4. The Hall–Kier alpha value is -1.46. The SMILES string of the molecule is COc1ncccc1C(O)Cc1cccc(F)c1Br. The van der Waals surface area contributed by atoms with Crippen LogP contribution in [0.25, 0.3) is 0 Å². The van der Waals surface area contributed by atoms with Crippen molar-refractivity contribution in [2.45, 2.75) is 12.5 Å². The van der Waals surface area contributed by atoms with Crippen LogP contribution in [0.5, 0.6) is 5.88 Å². The summed E-state index contributed by atoms with van der Waals surface area (Å²) in [5.74, 6) is 0.0328. The van der Waals surface area contributed by atoms with Crippen molar-refractivity contribution < 1.29 is 14.2 Å². The quantitative estimate of drug-likeness (QED) is 0.938. The molecule has 0 amide bonds. The maximum Gasteiger partial charge on any atom is 0.218 e. The number of hydrogen-bond donors (Lipinski definition) is 1. The maximum absolute atomic E-state index is 13.4. The van der Waals surface area contributed by atoms with Crippen molar-refractivity contribution in [3.8, 4) is 5.88 Å². The van der Waals surface area contributed by atoms with Crippen LogP contribution in [0.3, 0.4) is 0 Å². The fourth-order valence-electron chi connectivity index (χ4n) is 1.85. The summed E-state index contributed by atoms with van der Waals surface area (Å²) in [5.41, 5.74) is 1.28. The van der Waals surface area contributed by atoms with E-state index >= 15 is 0 Å². The fourth-order valence-corrected chi connectivity index (χ4v) is 2.28. The third kappa shape index (κ3) is 3.11. The summed E-state index contributed by atoms with van der Waals surface area (Å²) in [6, 6.07) is 8.21. The minimum Gasteiger partial charge on any atom is -0.481 e. The lowest BCUT2D eigenvalue weighted by atomic mass is 10.0. The molecule has 2 aromatic rings. The van der Waals surface area contributed by atoms with E-state index in [2.05, 4.69) is 20.9 Å². The third-order valence-electron chi connectivity index (χ3n) is 2.80. The van der Waals surface area contributed by atoms with E-state index < -0.39 is 6.10 Å². The van der Waals surface area contributed by atoms with Crippen LogP contribution in [0.4, 0.5) is 4.39 Å². The number of methoxy groups -OCH3 is 1. The van der Waals surface area contributed by atoms with Gasteiger partial charge >= 0.3 is 0 Å². The Balaban J connectivity index is 2.26. The van der Waals surface area contributed by atoms with Gasteiger partial charge in [0.05, 0.1) is 17.7 Å². The molecular formula is C14H13BrFNO2. The Labute approximate surface area is 119 Å². The molecule has 0 aliphatic heterocycles. The third-order valence-corrected chi connectivity index (χ3v) is 3.69. The summed E-state index contributed by atoms with van der Waals surface area (Å²) >= 11 is 3.18. The summed E-state index contributed by atoms with van der Waals surface area (Å²) in [5, 5.41) is 10.2. The van der Waals surface area contributed by atoms with Crippen molar-refractivity contribution in [1.82, 2.24) is 4.98 Å². The molecule has 0 saturated carbocycles. The lowest BCUT2D eigenvalue weighted by molar-refractivity contribution is 0.172. The Bertz CT molecular complexity index is 577. The van der Waals surface area contributed by atoms with Gasteiger partial charge in [-0.25, -0.2) is 9.37 Å². The molecule has 2 rings (SSSR count). The number of halogens is 2. The van der Waals surface area contributed by atoms with Crippen molar-refractivity contribution in [2.75, 3.05) is 7.11 Å². The number of aliphatic hydroxyl groups is 1. The number of pyridine rings is 1. The molecule has 5 heteroatoms. The molecular weight excluding hydrogens is 313 g/mol. The topological polar surface area (TPSA) is 42.4 Å². The van der Waals surface area contributed by atoms with Gasteiger partial charge in [0.2, 0.25) is 5.88 Å². The van der Waals surface area contributed by atoms with Gasteiger partial charge in [0.25, 0.3) is 0 Å². The molecule has 0 radical (unpaired) electrons. The minimum atomic E-state index is -0.804. The van der Waals surface area contributed by atoms with Crippen LogP contribution in [-0.2, 0) is 6.42 Å². The van der Waals surface area contributed by atoms with Gasteiger partial charge in [-0.15, -0.1) is 0 Å². The van der Waals surface area contributed by atoms with E-state index in [1.54, 1.807) is 30.5 Å². The summed E-state index contributed by atoms with van der Waals surface area (Å²) in [6.45, 7) is 0. The number of ether oxygens (including phenoxy) is 1. The lowest BCUT2D eigenvalue weighted by Crippen LogP contribution is -2.06. The molecule has 0 spiro atoms. The largest absolute Gasteiger partial charge is 0.481 e. The molecule has 0 bridgehead atoms. The van der Waals surface area contributed by atoms with Crippen LogP contribution < -0.4 is 4.74 Å². The molecule has 0 saturated heterocycles. The average Bonchev–Trinajstić information content (AvgIpc) is 2.43. The van der Waals surface area contributed by atoms with Crippen LogP contribution in [0.2, 0.25) is 0 Å². The molecule has 0 aliphatic rings. The molecule has 1 aromatic heterocycles. The number of aliphatic hydroxyl groups excluding tert-OH is 1. The average molecular weight is 326 g/mol. The van der Waals surface area contributed by atoms with Gasteiger partial charge in [-0.2, -0.15) is 0 Å².